The molecule has 0 atom stereocenters. The van der Waals surface area contributed by atoms with Crippen molar-refractivity contribution in [3.63, 3.8) is 0 Å². The van der Waals surface area contributed by atoms with Crippen molar-refractivity contribution in [1.29, 1.82) is 0 Å². The normalized spacial score (nSPS) is 15.3. The van der Waals surface area contributed by atoms with Crippen molar-refractivity contribution in [3.05, 3.63) is 59.1 Å². The van der Waals surface area contributed by atoms with Gasteiger partial charge in [-0.1, -0.05) is 29.3 Å². The maximum absolute atomic E-state index is 12.2. The third-order valence-electron chi connectivity index (χ3n) is 4.27. The Kier molecular flexibility index (Phi) is 5.38. The lowest BCUT2D eigenvalue weighted by Crippen LogP contribution is -2.48. The highest BCUT2D eigenvalue weighted by Gasteiger charge is 2.19. The highest BCUT2D eigenvalue weighted by atomic mass is 35.5. The Balaban J connectivity index is 1.47. The first-order valence-electron chi connectivity index (χ1n) is 8.19. The number of carbonyl (C=O) groups excluding carboxylic acids is 1. The smallest absolute Gasteiger partial charge is 0.238 e. The summed E-state index contributed by atoms with van der Waals surface area (Å²) in [6, 6.07) is 15.8. The van der Waals surface area contributed by atoms with Gasteiger partial charge < -0.3 is 10.2 Å². The number of rotatable bonds is 4. The summed E-state index contributed by atoms with van der Waals surface area (Å²) < 4.78 is 0. The molecule has 1 aliphatic heterocycles. The van der Waals surface area contributed by atoms with Crippen molar-refractivity contribution in [2.45, 2.75) is 6.92 Å². The molecule has 0 unspecified atom stereocenters. The maximum atomic E-state index is 12.2. The molecule has 1 fully saturated rings. The van der Waals surface area contributed by atoms with E-state index in [-0.39, 0.29) is 5.91 Å². The van der Waals surface area contributed by atoms with Crippen LogP contribution in [0.1, 0.15) is 5.56 Å². The first-order chi connectivity index (χ1) is 11.6. The highest BCUT2D eigenvalue weighted by molar-refractivity contribution is 6.30. The second kappa shape index (κ2) is 7.69. The molecule has 126 valence electrons. The SMILES string of the molecule is Cc1ccc(NC(=O)CN2CCN(c3ccc(Cl)cc3)CC2)cc1. The summed E-state index contributed by atoms with van der Waals surface area (Å²) in [5.41, 5.74) is 3.22. The predicted octanol–water partition coefficient (Wildman–Crippen LogP) is 3.41. The monoisotopic (exact) mass is 343 g/mol. The van der Waals surface area contributed by atoms with Crippen LogP contribution in [0.3, 0.4) is 0 Å². The molecule has 4 nitrogen and oxygen atoms in total. The van der Waals surface area contributed by atoms with Gasteiger partial charge in [0, 0.05) is 42.6 Å². The summed E-state index contributed by atoms with van der Waals surface area (Å²) >= 11 is 5.93. The number of amides is 1. The zero-order chi connectivity index (χ0) is 16.9. The number of aryl methyl sites for hydroxylation is 1. The molecule has 0 saturated carbocycles. The number of carbonyl (C=O) groups is 1. The van der Waals surface area contributed by atoms with Gasteiger partial charge in [0.15, 0.2) is 0 Å². The lowest BCUT2D eigenvalue weighted by atomic mass is 10.2. The van der Waals surface area contributed by atoms with Crippen molar-refractivity contribution in [2.24, 2.45) is 0 Å². The van der Waals surface area contributed by atoms with Gasteiger partial charge in [-0.3, -0.25) is 9.69 Å². The Labute approximate surface area is 148 Å². The molecule has 2 aromatic rings. The van der Waals surface area contributed by atoms with E-state index in [2.05, 4.69) is 15.1 Å². The summed E-state index contributed by atoms with van der Waals surface area (Å²) in [4.78, 5) is 16.7. The largest absolute Gasteiger partial charge is 0.369 e. The van der Waals surface area contributed by atoms with E-state index in [0.29, 0.717) is 6.54 Å². The maximum Gasteiger partial charge on any atom is 0.238 e. The second-order valence-corrected chi connectivity index (χ2v) is 6.59. The molecule has 1 saturated heterocycles. The van der Waals surface area contributed by atoms with E-state index >= 15 is 0 Å². The van der Waals surface area contributed by atoms with Crippen LogP contribution in [0.4, 0.5) is 11.4 Å². The first kappa shape index (κ1) is 16.8. The number of piperazine rings is 1. The third kappa shape index (κ3) is 4.49. The summed E-state index contributed by atoms with van der Waals surface area (Å²) in [6.07, 6.45) is 0. The molecule has 2 aromatic carbocycles. The molecule has 0 bridgehead atoms. The molecular formula is C19H22ClN3O. The molecule has 0 aromatic heterocycles. The van der Waals surface area contributed by atoms with Crippen molar-refractivity contribution < 1.29 is 4.79 Å². The average molecular weight is 344 g/mol. The summed E-state index contributed by atoms with van der Waals surface area (Å²) in [7, 11) is 0. The predicted molar refractivity (Wildman–Crippen MR) is 99.9 cm³/mol. The topological polar surface area (TPSA) is 35.6 Å². The minimum absolute atomic E-state index is 0.0406. The van der Waals surface area contributed by atoms with Crippen LogP contribution in [0.25, 0.3) is 0 Å². The van der Waals surface area contributed by atoms with Gasteiger partial charge in [0.2, 0.25) is 5.91 Å². The highest BCUT2D eigenvalue weighted by Crippen LogP contribution is 2.19. The molecule has 1 N–H and O–H groups in total. The quantitative estimate of drug-likeness (QED) is 0.924. The Bertz CT molecular complexity index is 677. The van der Waals surface area contributed by atoms with Crippen molar-refractivity contribution >= 4 is 28.9 Å². The van der Waals surface area contributed by atoms with Crippen LogP contribution < -0.4 is 10.2 Å². The zero-order valence-electron chi connectivity index (χ0n) is 13.8. The fraction of sp³-hybridized carbons (Fsp3) is 0.316. The fourth-order valence-corrected chi connectivity index (χ4v) is 2.98. The number of nitrogens with one attached hydrogen (secondary N) is 1. The van der Waals surface area contributed by atoms with Gasteiger partial charge in [0.25, 0.3) is 0 Å². The van der Waals surface area contributed by atoms with Crippen LogP contribution in [-0.2, 0) is 4.79 Å². The van der Waals surface area contributed by atoms with Crippen LogP contribution in [0.5, 0.6) is 0 Å². The summed E-state index contributed by atoms with van der Waals surface area (Å²) in [5, 5.41) is 3.71. The van der Waals surface area contributed by atoms with Crippen LogP contribution >= 0.6 is 11.6 Å². The van der Waals surface area contributed by atoms with Gasteiger partial charge >= 0.3 is 0 Å². The average Bonchev–Trinajstić information content (AvgIpc) is 2.58. The Morgan fingerprint density at radius 1 is 1.00 bits per heavy atom. The Morgan fingerprint density at radius 2 is 1.62 bits per heavy atom. The van der Waals surface area contributed by atoms with E-state index in [1.807, 2.05) is 55.5 Å². The van der Waals surface area contributed by atoms with Crippen molar-refractivity contribution in [3.8, 4) is 0 Å². The molecule has 0 aliphatic carbocycles. The van der Waals surface area contributed by atoms with Gasteiger partial charge in [-0.25, -0.2) is 0 Å². The van der Waals surface area contributed by atoms with Gasteiger partial charge in [0.1, 0.15) is 0 Å². The Morgan fingerprint density at radius 3 is 2.25 bits per heavy atom. The molecule has 1 amide bonds. The van der Waals surface area contributed by atoms with Gasteiger partial charge in [-0.15, -0.1) is 0 Å². The first-order valence-corrected chi connectivity index (χ1v) is 8.57. The second-order valence-electron chi connectivity index (χ2n) is 6.15. The van der Waals surface area contributed by atoms with Crippen LogP contribution in [0.15, 0.2) is 48.5 Å². The number of nitrogens with zero attached hydrogens (tertiary/aromatic N) is 2. The number of hydrogen-bond donors (Lipinski definition) is 1. The Hall–Kier alpha value is -2.04. The standard InChI is InChI=1S/C19H22ClN3O/c1-15-2-6-17(7-3-15)21-19(24)14-22-10-12-23(13-11-22)18-8-4-16(20)5-9-18/h2-9H,10-14H2,1H3,(H,21,24). The van der Waals surface area contributed by atoms with Gasteiger partial charge in [-0.05, 0) is 43.3 Å². The minimum Gasteiger partial charge on any atom is -0.369 e. The van der Waals surface area contributed by atoms with Crippen LogP contribution in [0, 0.1) is 6.92 Å². The molecule has 0 radical (unpaired) electrons. The van der Waals surface area contributed by atoms with E-state index in [9.17, 15) is 4.79 Å². The van der Waals surface area contributed by atoms with E-state index in [0.717, 1.165) is 36.9 Å². The molecule has 1 aliphatic rings. The van der Waals surface area contributed by atoms with E-state index < -0.39 is 0 Å². The fourth-order valence-electron chi connectivity index (χ4n) is 2.86. The third-order valence-corrected chi connectivity index (χ3v) is 4.52. The van der Waals surface area contributed by atoms with Crippen molar-refractivity contribution in [1.82, 2.24) is 4.90 Å². The van der Waals surface area contributed by atoms with Crippen LogP contribution in [-0.4, -0.2) is 43.5 Å². The summed E-state index contributed by atoms with van der Waals surface area (Å²) in [5.74, 6) is 0.0406. The molecule has 0 spiro atoms. The van der Waals surface area contributed by atoms with Crippen molar-refractivity contribution in [2.75, 3.05) is 42.9 Å². The number of halogens is 1. The molecule has 5 heteroatoms. The lowest BCUT2D eigenvalue weighted by molar-refractivity contribution is -0.117. The van der Waals surface area contributed by atoms with E-state index in [1.54, 1.807) is 0 Å². The zero-order valence-corrected chi connectivity index (χ0v) is 14.6. The molecule has 1 heterocycles. The summed E-state index contributed by atoms with van der Waals surface area (Å²) in [6.45, 7) is 6.06. The van der Waals surface area contributed by atoms with E-state index in [4.69, 9.17) is 11.6 Å². The minimum atomic E-state index is 0.0406. The van der Waals surface area contributed by atoms with Gasteiger partial charge in [0.05, 0.1) is 6.54 Å². The lowest BCUT2D eigenvalue weighted by Gasteiger charge is -2.35. The van der Waals surface area contributed by atoms with Crippen LogP contribution in [0.2, 0.25) is 5.02 Å². The molecular weight excluding hydrogens is 322 g/mol. The molecule has 3 rings (SSSR count). The molecule has 24 heavy (non-hydrogen) atoms. The number of hydrogen-bond acceptors (Lipinski definition) is 3. The number of anilines is 2. The number of benzene rings is 2. The van der Waals surface area contributed by atoms with Gasteiger partial charge in [-0.2, -0.15) is 0 Å². The van der Waals surface area contributed by atoms with E-state index in [1.165, 1.54) is 11.3 Å².